The van der Waals surface area contributed by atoms with E-state index >= 15 is 0 Å². The first-order chi connectivity index (χ1) is 12.1. The molecular weight excluding hydrogens is 316 g/mol. The lowest BCUT2D eigenvalue weighted by molar-refractivity contribution is -0.121. The van der Waals surface area contributed by atoms with E-state index in [1.165, 1.54) is 4.57 Å². The Labute approximate surface area is 145 Å². The third-order valence-corrected chi connectivity index (χ3v) is 4.08. The van der Waals surface area contributed by atoms with Gasteiger partial charge in [0.1, 0.15) is 6.54 Å². The van der Waals surface area contributed by atoms with Crippen LogP contribution in [0.3, 0.4) is 0 Å². The SMILES string of the molecule is C=C1CC=c2[nH]c(=O)n(CC(=O)NCCNc3ccccc3)c2=CC1. The number of carbonyl (C=O) groups is 1. The molecule has 3 rings (SSSR count). The first-order valence-electron chi connectivity index (χ1n) is 8.35. The standard InChI is InChI=1S/C19H22N4O2/c1-14-7-9-16-17(10-8-14)23(19(25)22-16)13-18(24)21-12-11-20-15-5-3-2-4-6-15/h2-6,9-10,20H,1,7-8,11-13H2,(H,21,24)(H,22,25). The van der Waals surface area contributed by atoms with Crippen molar-refractivity contribution >= 4 is 23.7 Å². The van der Waals surface area contributed by atoms with E-state index < -0.39 is 0 Å². The number of carbonyl (C=O) groups excluding carboxylic acids is 1. The molecule has 0 saturated heterocycles. The maximum Gasteiger partial charge on any atom is 0.326 e. The van der Waals surface area contributed by atoms with Gasteiger partial charge in [0.05, 0.1) is 10.7 Å². The minimum Gasteiger partial charge on any atom is -0.383 e. The van der Waals surface area contributed by atoms with Gasteiger partial charge in [0.15, 0.2) is 0 Å². The summed E-state index contributed by atoms with van der Waals surface area (Å²) in [5, 5.41) is 7.59. The largest absolute Gasteiger partial charge is 0.383 e. The molecule has 2 aromatic rings. The highest BCUT2D eigenvalue weighted by Gasteiger charge is 2.09. The predicted octanol–water partition coefficient (Wildman–Crippen LogP) is 0.316. The van der Waals surface area contributed by atoms with Gasteiger partial charge in [-0.1, -0.05) is 42.5 Å². The van der Waals surface area contributed by atoms with Crippen LogP contribution in [0.5, 0.6) is 0 Å². The number of aromatic nitrogens is 2. The minimum absolute atomic E-state index is 0.00677. The monoisotopic (exact) mass is 338 g/mol. The molecule has 0 unspecified atom stereocenters. The lowest BCUT2D eigenvalue weighted by atomic mass is 10.2. The second-order valence-electron chi connectivity index (χ2n) is 6.02. The van der Waals surface area contributed by atoms with Crippen molar-refractivity contribution in [3.8, 4) is 0 Å². The molecule has 0 aliphatic heterocycles. The van der Waals surface area contributed by atoms with Crippen molar-refractivity contribution in [3.05, 3.63) is 63.7 Å². The van der Waals surface area contributed by atoms with E-state index in [1.54, 1.807) is 0 Å². The molecule has 0 spiro atoms. The molecule has 6 heteroatoms. The predicted molar refractivity (Wildman–Crippen MR) is 99.5 cm³/mol. The van der Waals surface area contributed by atoms with Crippen LogP contribution in [0.2, 0.25) is 0 Å². The van der Waals surface area contributed by atoms with Gasteiger partial charge in [-0.15, -0.1) is 0 Å². The summed E-state index contributed by atoms with van der Waals surface area (Å²) in [4.78, 5) is 27.1. The summed E-state index contributed by atoms with van der Waals surface area (Å²) in [5.41, 5.74) is 1.83. The number of rotatable bonds is 6. The first-order valence-corrected chi connectivity index (χ1v) is 8.35. The molecule has 3 N–H and O–H groups in total. The molecule has 0 radical (unpaired) electrons. The van der Waals surface area contributed by atoms with Gasteiger partial charge in [0, 0.05) is 18.8 Å². The van der Waals surface area contributed by atoms with E-state index in [1.807, 2.05) is 42.5 Å². The zero-order valence-electron chi connectivity index (χ0n) is 14.0. The summed E-state index contributed by atoms with van der Waals surface area (Å²) in [6, 6.07) is 9.79. The zero-order chi connectivity index (χ0) is 17.6. The third-order valence-electron chi connectivity index (χ3n) is 4.08. The molecule has 130 valence electrons. The van der Waals surface area contributed by atoms with Crippen LogP contribution < -0.4 is 27.0 Å². The number of benzene rings is 1. The highest BCUT2D eigenvalue weighted by molar-refractivity contribution is 5.75. The molecule has 25 heavy (non-hydrogen) atoms. The lowest BCUT2D eigenvalue weighted by Crippen LogP contribution is -2.39. The van der Waals surface area contributed by atoms with E-state index in [4.69, 9.17) is 0 Å². The molecule has 1 aromatic carbocycles. The Kier molecular flexibility index (Phi) is 5.18. The normalized spacial score (nSPS) is 13.2. The van der Waals surface area contributed by atoms with Crippen molar-refractivity contribution in [1.29, 1.82) is 0 Å². The molecule has 1 amide bonds. The summed E-state index contributed by atoms with van der Waals surface area (Å²) in [6.45, 7) is 5.09. The highest BCUT2D eigenvalue weighted by atomic mass is 16.2. The Morgan fingerprint density at radius 1 is 1.16 bits per heavy atom. The number of aromatic amines is 1. The average molecular weight is 338 g/mol. The van der Waals surface area contributed by atoms with Crippen molar-refractivity contribution in [3.63, 3.8) is 0 Å². The van der Waals surface area contributed by atoms with Crippen LogP contribution in [-0.2, 0) is 11.3 Å². The van der Waals surface area contributed by atoms with Crippen LogP contribution >= 0.6 is 0 Å². The van der Waals surface area contributed by atoms with Crippen LogP contribution in [0.25, 0.3) is 12.2 Å². The van der Waals surface area contributed by atoms with Crippen LogP contribution in [0, 0.1) is 0 Å². The number of anilines is 1. The van der Waals surface area contributed by atoms with E-state index in [2.05, 4.69) is 22.2 Å². The summed E-state index contributed by atoms with van der Waals surface area (Å²) >= 11 is 0. The van der Waals surface area contributed by atoms with Crippen molar-refractivity contribution in [2.75, 3.05) is 18.4 Å². The molecule has 0 fully saturated rings. The number of nitrogens with one attached hydrogen (secondary N) is 3. The number of para-hydroxylation sites is 1. The van der Waals surface area contributed by atoms with Crippen LogP contribution in [0.1, 0.15) is 12.8 Å². The van der Waals surface area contributed by atoms with Gasteiger partial charge in [-0.05, 0) is 25.0 Å². The van der Waals surface area contributed by atoms with Crippen molar-refractivity contribution in [2.45, 2.75) is 19.4 Å². The van der Waals surface area contributed by atoms with Gasteiger partial charge in [-0.25, -0.2) is 4.79 Å². The molecule has 0 atom stereocenters. The van der Waals surface area contributed by atoms with E-state index in [-0.39, 0.29) is 18.1 Å². The maximum atomic E-state index is 12.2. The fraction of sp³-hybridized carbons (Fsp3) is 0.263. The quantitative estimate of drug-likeness (QED) is 0.524. The van der Waals surface area contributed by atoms with E-state index in [9.17, 15) is 9.59 Å². The van der Waals surface area contributed by atoms with Gasteiger partial charge < -0.3 is 15.6 Å². The van der Waals surface area contributed by atoms with Crippen LogP contribution in [0.4, 0.5) is 5.69 Å². The molecule has 6 nitrogen and oxygen atoms in total. The number of hydrogen-bond acceptors (Lipinski definition) is 3. The summed E-state index contributed by atoms with van der Waals surface area (Å²) in [5.74, 6) is -0.185. The second kappa shape index (κ2) is 7.70. The van der Waals surface area contributed by atoms with Gasteiger partial charge in [-0.2, -0.15) is 0 Å². The average Bonchev–Trinajstić information content (AvgIpc) is 2.78. The van der Waals surface area contributed by atoms with Crippen molar-refractivity contribution in [1.82, 2.24) is 14.9 Å². The molecule has 0 saturated carbocycles. The lowest BCUT2D eigenvalue weighted by Gasteiger charge is -2.08. The van der Waals surface area contributed by atoms with E-state index in [0.29, 0.717) is 19.5 Å². The van der Waals surface area contributed by atoms with E-state index in [0.717, 1.165) is 28.4 Å². The Bertz CT molecular complexity index is 938. The minimum atomic E-state index is -0.262. The molecule has 1 aliphatic rings. The number of H-pyrrole nitrogens is 1. The number of imidazole rings is 1. The Morgan fingerprint density at radius 2 is 1.92 bits per heavy atom. The smallest absolute Gasteiger partial charge is 0.326 e. The van der Waals surface area contributed by atoms with Gasteiger partial charge in [-0.3, -0.25) is 9.36 Å². The number of amides is 1. The fourth-order valence-electron chi connectivity index (χ4n) is 2.77. The van der Waals surface area contributed by atoms with Gasteiger partial charge in [0.2, 0.25) is 5.91 Å². The Morgan fingerprint density at radius 3 is 2.72 bits per heavy atom. The fourth-order valence-corrected chi connectivity index (χ4v) is 2.77. The number of nitrogens with zero attached hydrogens (tertiary/aromatic N) is 1. The second-order valence-corrected chi connectivity index (χ2v) is 6.02. The molecule has 1 aliphatic carbocycles. The zero-order valence-corrected chi connectivity index (χ0v) is 14.0. The Balaban J connectivity index is 1.58. The number of allylic oxidation sites excluding steroid dienone is 1. The molecule has 1 aromatic heterocycles. The van der Waals surface area contributed by atoms with Crippen LogP contribution in [0.15, 0.2) is 47.3 Å². The number of fused-ring (bicyclic) bond motifs is 1. The Hall–Kier alpha value is -3.02. The van der Waals surface area contributed by atoms with Gasteiger partial charge in [0.25, 0.3) is 0 Å². The topological polar surface area (TPSA) is 78.9 Å². The first kappa shape index (κ1) is 16.8. The maximum absolute atomic E-state index is 12.2. The third kappa shape index (κ3) is 4.29. The highest BCUT2D eigenvalue weighted by Crippen LogP contribution is 2.06. The van der Waals surface area contributed by atoms with Gasteiger partial charge >= 0.3 is 5.69 Å². The summed E-state index contributed by atoms with van der Waals surface area (Å²) < 4.78 is 1.48. The summed E-state index contributed by atoms with van der Waals surface area (Å²) in [6.07, 6.45) is 5.34. The van der Waals surface area contributed by atoms with Crippen molar-refractivity contribution < 1.29 is 4.79 Å². The van der Waals surface area contributed by atoms with Crippen LogP contribution in [-0.4, -0.2) is 28.5 Å². The molecule has 1 heterocycles. The molecular formula is C19H22N4O2. The molecule has 0 bridgehead atoms. The summed E-state index contributed by atoms with van der Waals surface area (Å²) in [7, 11) is 0. The van der Waals surface area contributed by atoms with Crippen molar-refractivity contribution in [2.24, 2.45) is 0 Å². The number of hydrogen-bond donors (Lipinski definition) is 3.